The van der Waals surface area contributed by atoms with E-state index in [1.54, 1.807) is 19.2 Å². The molecule has 1 unspecified atom stereocenters. The highest BCUT2D eigenvalue weighted by molar-refractivity contribution is 6.09. The number of anilines is 1. The molecule has 2 aliphatic rings. The van der Waals surface area contributed by atoms with Crippen molar-refractivity contribution >= 4 is 40.1 Å². The Morgan fingerprint density at radius 2 is 1.71 bits per heavy atom. The number of rotatable bonds is 6. The molecule has 8 nitrogen and oxygen atoms in total. The molecule has 2 aromatic rings. The summed E-state index contributed by atoms with van der Waals surface area (Å²) in [6, 6.07) is 10.6. The monoisotopic (exact) mass is 422 g/mol. The maximum Gasteiger partial charge on any atom is 0.253 e. The van der Waals surface area contributed by atoms with Crippen molar-refractivity contribution in [1.29, 1.82) is 0 Å². The molecule has 1 aliphatic heterocycles. The van der Waals surface area contributed by atoms with Gasteiger partial charge in [-0.15, -0.1) is 0 Å². The molecule has 3 N–H and O–H groups in total. The van der Waals surface area contributed by atoms with E-state index in [0.717, 1.165) is 30.0 Å². The fraction of sp³-hybridized carbons (Fsp3) is 0.391. The molecule has 162 valence electrons. The van der Waals surface area contributed by atoms with Gasteiger partial charge in [0, 0.05) is 19.5 Å². The lowest BCUT2D eigenvalue weighted by Crippen LogP contribution is -2.48. The standard InChI is InChI=1S/C23H26N4O4/c1-24-23(31)19-7-4-10-27(19)20(28)13-25-22(30)17-11-15-5-2-3-6-16(15)12-18(17)26-21(29)14-8-9-14/h2-3,5-6,11-12,14,19H,4,7-10,13H2,1H3,(H,24,31)(H,25,30)(H,26,29). The van der Waals surface area contributed by atoms with Gasteiger partial charge in [-0.05, 0) is 48.6 Å². The van der Waals surface area contributed by atoms with Gasteiger partial charge in [0.25, 0.3) is 5.91 Å². The molecule has 2 fully saturated rings. The van der Waals surface area contributed by atoms with Crippen molar-refractivity contribution in [3.63, 3.8) is 0 Å². The minimum Gasteiger partial charge on any atom is -0.357 e. The van der Waals surface area contributed by atoms with E-state index in [9.17, 15) is 19.2 Å². The van der Waals surface area contributed by atoms with Gasteiger partial charge in [-0.1, -0.05) is 24.3 Å². The second-order valence-corrected chi connectivity index (χ2v) is 8.05. The van der Waals surface area contributed by atoms with Crippen molar-refractivity contribution in [2.75, 3.05) is 25.5 Å². The molecule has 0 aromatic heterocycles. The summed E-state index contributed by atoms with van der Waals surface area (Å²) >= 11 is 0. The molecule has 0 bridgehead atoms. The van der Waals surface area contributed by atoms with Crippen LogP contribution in [0.25, 0.3) is 10.8 Å². The van der Waals surface area contributed by atoms with Crippen molar-refractivity contribution in [1.82, 2.24) is 15.5 Å². The Kier molecular flexibility index (Phi) is 5.88. The molecule has 1 heterocycles. The zero-order valence-corrected chi connectivity index (χ0v) is 17.4. The molecule has 1 atom stereocenters. The molecule has 0 spiro atoms. The third-order valence-corrected chi connectivity index (χ3v) is 5.86. The first-order valence-electron chi connectivity index (χ1n) is 10.6. The van der Waals surface area contributed by atoms with Crippen LogP contribution in [0, 0.1) is 5.92 Å². The van der Waals surface area contributed by atoms with Gasteiger partial charge in [-0.3, -0.25) is 19.2 Å². The number of carbonyl (C=O) groups is 4. The van der Waals surface area contributed by atoms with E-state index in [1.165, 1.54) is 4.90 Å². The van der Waals surface area contributed by atoms with E-state index in [0.29, 0.717) is 24.2 Å². The van der Waals surface area contributed by atoms with E-state index in [2.05, 4.69) is 16.0 Å². The number of benzene rings is 2. The highest BCUT2D eigenvalue weighted by Crippen LogP contribution is 2.32. The summed E-state index contributed by atoms with van der Waals surface area (Å²) in [6.07, 6.45) is 3.08. The second-order valence-electron chi connectivity index (χ2n) is 8.05. The van der Waals surface area contributed by atoms with E-state index >= 15 is 0 Å². The molecule has 4 rings (SSSR count). The van der Waals surface area contributed by atoms with Gasteiger partial charge in [0.15, 0.2) is 0 Å². The molecule has 0 radical (unpaired) electrons. The summed E-state index contributed by atoms with van der Waals surface area (Å²) in [4.78, 5) is 51.4. The first-order valence-corrected chi connectivity index (χ1v) is 10.6. The van der Waals surface area contributed by atoms with Crippen LogP contribution in [0.3, 0.4) is 0 Å². The van der Waals surface area contributed by atoms with Crippen molar-refractivity contribution in [3.8, 4) is 0 Å². The number of fused-ring (bicyclic) bond motifs is 1. The maximum atomic E-state index is 13.0. The van der Waals surface area contributed by atoms with E-state index in [-0.39, 0.29) is 30.2 Å². The van der Waals surface area contributed by atoms with E-state index in [4.69, 9.17) is 0 Å². The Bertz CT molecular complexity index is 1050. The minimum absolute atomic E-state index is 0.000714. The van der Waals surface area contributed by atoms with Crippen molar-refractivity contribution in [2.45, 2.75) is 31.7 Å². The molecule has 4 amide bonds. The van der Waals surface area contributed by atoms with Gasteiger partial charge in [-0.25, -0.2) is 0 Å². The lowest BCUT2D eigenvalue weighted by molar-refractivity contribution is -0.137. The molecule has 8 heteroatoms. The first-order chi connectivity index (χ1) is 15.0. The number of carbonyl (C=O) groups excluding carboxylic acids is 4. The van der Waals surface area contributed by atoms with Crippen LogP contribution in [0.15, 0.2) is 36.4 Å². The number of hydrogen-bond donors (Lipinski definition) is 3. The predicted octanol–water partition coefficient (Wildman–Crippen LogP) is 1.66. The van der Waals surface area contributed by atoms with Gasteiger partial charge in [0.2, 0.25) is 17.7 Å². The Morgan fingerprint density at radius 3 is 2.39 bits per heavy atom. The summed E-state index contributed by atoms with van der Waals surface area (Å²) in [5, 5.41) is 9.88. The van der Waals surface area contributed by atoms with Gasteiger partial charge >= 0.3 is 0 Å². The highest BCUT2D eigenvalue weighted by Gasteiger charge is 2.34. The van der Waals surface area contributed by atoms with Crippen LogP contribution in [0.1, 0.15) is 36.0 Å². The van der Waals surface area contributed by atoms with Crippen molar-refractivity contribution in [3.05, 3.63) is 42.0 Å². The van der Waals surface area contributed by atoms with Gasteiger partial charge in [0.05, 0.1) is 17.8 Å². The summed E-state index contributed by atoms with van der Waals surface area (Å²) in [7, 11) is 1.54. The Hall–Kier alpha value is -3.42. The van der Waals surface area contributed by atoms with Crippen LogP contribution < -0.4 is 16.0 Å². The maximum absolute atomic E-state index is 13.0. The van der Waals surface area contributed by atoms with Crippen molar-refractivity contribution < 1.29 is 19.2 Å². The highest BCUT2D eigenvalue weighted by atomic mass is 16.2. The SMILES string of the molecule is CNC(=O)C1CCCN1C(=O)CNC(=O)c1cc2ccccc2cc1NC(=O)C1CC1. The van der Waals surface area contributed by atoms with E-state index < -0.39 is 11.9 Å². The van der Waals surface area contributed by atoms with Gasteiger partial charge in [-0.2, -0.15) is 0 Å². The largest absolute Gasteiger partial charge is 0.357 e. The average molecular weight is 422 g/mol. The molecule has 1 saturated carbocycles. The molecule has 1 saturated heterocycles. The van der Waals surface area contributed by atoms with E-state index in [1.807, 2.05) is 24.3 Å². The summed E-state index contributed by atoms with van der Waals surface area (Å²) < 4.78 is 0. The third kappa shape index (κ3) is 4.52. The number of likely N-dealkylation sites (tertiary alicyclic amines) is 1. The smallest absolute Gasteiger partial charge is 0.253 e. The topological polar surface area (TPSA) is 108 Å². The summed E-state index contributed by atoms with van der Waals surface area (Å²) in [5.74, 6) is -1.03. The van der Waals surface area contributed by atoms with Crippen LogP contribution in [0.2, 0.25) is 0 Å². The first kappa shape index (κ1) is 20.8. The third-order valence-electron chi connectivity index (χ3n) is 5.86. The second kappa shape index (κ2) is 8.75. The number of hydrogen-bond acceptors (Lipinski definition) is 4. The number of amides is 4. The molecular formula is C23H26N4O4. The molecule has 31 heavy (non-hydrogen) atoms. The summed E-state index contributed by atoms with van der Waals surface area (Å²) in [5.41, 5.74) is 0.745. The van der Waals surface area contributed by atoms with Crippen LogP contribution in [-0.4, -0.2) is 54.7 Å². The van der Waals surface area contributed by atoms with Crippen molar-refractivity contribution in [2.24, 2.45) is 5.92 Å². The number of nitrogens with zero attached hydrogens (tertiary/aromatic N) is 1. The Balaban J connectivity index is 1.50. The number of likely N-dealkylation sites (N-methyl/N-ethyl adjacent to an activating group) is 1. The Labute approximate surface area is 180 Å². The molecule has 2 aromatic carbocycles. The van der Waals surface area contributed by atoms with Gasteiger partial charge in [0.1, 0.15) is 6.04 Å². The summed E-state index contributed by atoms with van der Waals surface area (Å²) in [6.45, 7) is 0.278. The van der Waals surface area contributed by atoms with Crippen LogP contribution in [0.4, 0.5) is 5.69 Å². The fourth-order valence-corrected chi connectivity index (χ4v) is 3.97. The normalized spacial score (nSPS) is 18.0. The number of nitrogens with one attached hydrogen (secondary N) is 3. The lowest BCUT2D eigenvalue weighted by atomic mass is 10.0. The zero-order valence-electron chi connectivity index (χ0n) is 17.4. The van der Waals surface area contributed by atoms with Gasteiger partial charge < -0.3 is 20.9 Å². The minimum atomic E-state index is -0.497. The van der Waals surface area contributed by atoms with Crippen LogP contribution in [0.5, 0.6) is 0 Å². The Morgan fingerprint density at radius 1 is 1.00 bits per heavy atom. The molecular weight excluding hydrogens is 396 g/mol. The zero-order chi connectivity index (χ0) is 22.0. The van der Waals surface area contributed by atoms with Crippen LogP contribution >= 0.6 is 0 Å². The fourth-order valence-electron chi connectivity index (χ4n) is 3.97. The quantitative estimate of drug-likeness (QED) is 0.658. The molecule has 1 aliphatic carbocycles. The predicted molar refractivity (Wildman–Crippen MR) is 116 cm³/mol. The average Bonchev–Trinajstić information content (AvgIpc) is 3.52. The lowest BCUT2D eigenvalue weighted by Gasteiger charge is -2.23. The van der Waals surface area contributed by atoms with Crippen LogP contribution in [-0.2, 0) is 14.4 Å².